The van der Waals surface area contributed by atoms with Crippen LogP contribution in [0.15, 0.2) is 53.7 Å². The molecule has 0 spiro atoms. The monoisotopic (exact) mass is 504 g/mol. The summed E-state index contributed by atoms with van der Waals surface area (Å²) in [6, 6.07) is 7.94. The van der Waals surface area contributed by atoms with E-state index < -0.39 is 51.5 Å². The molecule has 0 aliphatic rings. The molecule has 0 saturated heterocycles. The van der Waals surface area contributed by atoms with Gasteiger partial charge in [-0.1, -0.05) is 6.07 Å². The molecule has 4 aromatic rings. The fraction of sp³-hybridized carbons (Fsp3) is 0.0556. The molecule has 2 aromatic heterocycles. The van der Waals surface area contributed by atoms with Crippen molar-refractivity contribution in [3.05, 3.63) is 66.0 Å². The van der Waals surface area contributed by atoms with E-state index in [0.717, 1.165) is 29.3 Å². The molecular weight excluding hydrogens is 490 g/mol. The Balaban J connectivity index is 1.46. The van der Waals surface area contributed by atoms with E-state index in [-0.39, 0.29) is 16.5 Å². The number of hydrogen-bond acceptors (Lipinski definition) is 11. The van der Waals surface area contributed by atoms with Crippen LogP contribution in [-0.2, 0) is 21.4 Å². The number of benzene rings is 2. The molecule has 17 heteroatoms. The SMILES string of the molecule is Nc1nc(Nc2ccc(S(=O)(=O)NC(=O)Cn3ncnn3)cc2)nn1C(=O)c1c(F)cccc1F. The van der Waals surface area contributed by atoms with Gasteiger partial charge in [-0.2, -0.15) is 14.5 Å². The normalized spacial score (nSPS) is 11.3. The number of aromatic nitrogens is 7. The summed E-state index contributed by atoms with van der Waals surface area (Å²) >= 11 is 0. The molecule has 2 aromatic carbocycles. The Labute approximate surface area is 194 Å². The van der Waals surface area contributed by atoms with Crippen LogP contribution >= 0.6 is 0 Å². The van der Waals surface area contributed by atoms with E-state index in [1.54, 1.807) is 0 Å². The lowest BCUT2D eigenvalue weighted by molar-refractivity contribution is -0.120. The first-order valence-electron chi connectivity index (χ1n) is 9.49. The van der Waals surface area contributed by atoms with E-state index in [4.69, 9.17) is 5.73 Å². The third-order valence-corrected chi connectivity index (χ3v) is 5.74. The highest BCUT2D eigenvalue weighted by molar-refractivity contribution is 7.90. The number of nitrogens with one attached hydrogen (secondary N) is 2. The van der Waals surface area contributed by atoms with Crippen LogP contribution in [-0.4, -0.2) is 55.2 Å². The number of hydrogen-bond donors (Lipinski definition) is 3. The van der Waals surface area contributed by atoms with E-state index in [2.05, 4.69) is 30.8 Å². The fourth-order valence-electron chi connectivity index (χ4n) is 2.81. The van der Waals surface area contributed by atoms with Crippen molar-refractivity contribution < 1.29 is 26.8 Å². The van der Waals surface area contributed by atoms with Crippen LogP contribution in [0, 0.1) is 11.6 Å². The van der Waals surface area contributed by atoms with Gasteiger partial charge in [0.05, 0.1) is 4.90 Å². The number of halogens is 2. The molecule has 4 rings (SSSR count). The molecule has 0 fully saturated rings. The standard InChI is InChI=1S/C18H14F2N10O4S/c19-12-2-1-3-13(20)15(12)16(32)30-17(21)25-18(26-30)24-10-4-6-11(7-5-10)35(33,34)27-14(31)8-29-23-9-22-28-29/h1-7,9H,8H2,(H,27,31)(H3,21,24,25,26). The van der Waals surface area contributed by atoms with Crippen molar-refractivity contribution >= 4 is 39.4 Å². The van der Waals surface area contributed by atoms with Crippen molar-refractivity contribution in [1.29, 1.82) is 0 Å². The molecule has 2 heterocycles. The molecule has 1 amide bonds. The molecule has 0 aliphatic heterocycles. The van der Waals surface area contributed by atoms with Gasteiger partial charge in [-0.3, -0.25) is 9.59 Å². The van der Waals surface area contributed by atoms with Gasteiger partial charge in [0, 0.05) is 5.69 Å². The Morgan fingerprint density at radius 2 is 1.74 bits per heavy atom. The maximum absolute atomic E-state index is 13.9. The Kier molecular flexibility index (Phi) is 6.15. The third-order valence-electron chi connectivity index (χ3n) is 4.35. The highest BCUT2D eigenvalue weighted by atomic mass is 32.2. The quantitative estimate of drug-likeness (QED) is 0.308. The van der Waals surface area contributed by atoms with Gasteiger partial charge >= 0.3 is 0 Å². The molecule has 0 bridgehead atoms. The smallest absolute Gasteiger partial charge is 0.287 e. The second-order valence-corrected chi connectivity index (χ2v) is 8.43. The summed E-state index contributed by atoms with van der Waals surface area (Å²) in [6.07, 6.45) is 1.09. The highest BCUT2D eigenvalue weighted by Crippen LogP contribution is 2.20. The Morgan fingerprint density at radius 3 is 2.37 bits per heavy atom. The number of tetrazole rings is 1. The molecule has 0 saturated carbocycles. The van der Waals surface area contributed by atoms with Gasteiger partial charge in [0.25, 0.3) is 21.8 Å². The molecule has 0 radical (unpaired) electrons. The highest BCUT2D eigenvalue weighted by Gasteiger charge is 2.23. The first-order valence-corrected chi connectivity index (χ1v) is 11.0. The maximum Gasteiger partial charge on any atom is 0.287 e. The Bertz CT molecular complexity index is 1480. The number of nitrogen functional groups attached to an aromatic ring is 1. The van der Waals surface area contributed by atoms with Crippen LogP contribution in [0.3, 0.4) is 0 Å². The summed E-state index contributed by atoms with van der Waals surface area (Å²) in [4.78, 5) is 28.9. The van der Waals surface area contributed by atoms with Crippen molar-refractivity contribution in [3.63, 3.8) is 0 Å². The average molecular weight is 504 g/mol. The molecule has 14 nitrogen and oxygen atoms in total. The van der Waals surface area contributed by atoms with Crippen LogP contribution in [0.1, 0.15) is 10.4 Å². The molecule has 180 valence electrons. The van der Waals surface area contributed by atoms with Gasteiger partial charge in [0.2, 0.25) is 11.9 Å². The lowest BCUT2D eigenvalue weighted by Gasteiger charge is -2.08. The van der Waals surface area contributed by atoms with Crippen LogP contribution in [0.2, 0.25) is 0 Å². The van der Waals surface area contributed by atoms with E-state index in [1.165, 1.54) is 24.3 Å². The first-order chi connectivity index (χ1) is 16.6. The van der Waals surface area contributed by atoms with E-state index in [1.807, 2.05) is 4.72 Å². The van der Waals surface area contributed by atoms with Crippen molar-refractivity contribution in [2.45, 2.75) is 11.4 Å². The van der Waals surface area contributed by atoms with E-state index >= 15 is 0 Å². The summed E-state index contributed by atoms with van der Waals surface area (Å²) in [6.45, 7) is -0.454. The van der Waals surface area contributed by atoms with Crippen molar-refractivity contribution in [2.24, 2.45) is 0 Å². The largest absolute Gasteiger partial charge is 0.368 e. The van der Waals surface area contributed by atoms with Crippen LogP contribution in [0.4, 0.5) is 26.4 Å². The van der Waals surface area contributed by atoms with Crippen LogP contribution in [0.5, 0.6) is 0 Å². The summed E-state index contributed by atoms with van der Waals surface area (Å²) in [5.74, 6) is -4.88. The molecule has 0 aliphatic carbocycles. The average Bonchev–Trinajstić information content (AvgIpc) is 3.42. The minimum absolute atomic E-state index is 0.197. The van der Waals surface area contributed by atoms with Crippen LogP contribution in [0.25, 0.3) is 0 Å². The first kappa shape index (κ1) is 23.4. The number of carbonyl (C=O) groups is 2. The van der Waals surface area contributed by atoms with Gasteiger partial charge in [-0.25, -0.2) is 21.9 Å². The zero-order valence-electron chi connectivity index (χ0n) is 17.3. The molecule has 0 unspecified atom stereocenters. The van der Waals surface area contributed by atoms with Gasteiger partial charge < -0.3 is 11.1 Å². The molecule has 0 atom stereocenters. The summed E-state index contributed by atoms with van der Waals surface area (Å²) in [5, 5.41) is 17.0. The van der Waals surface area contributed by atoms with Gasteiger partial charge in [0.15, 0.2) is 6.33 Å². The summed E-state index contributed by atoms with van der Waals surface area (Å²) < 4.78 is 55.0. The molecule has 35 heavy (non-hydrogen) atoms. The van der Waals surface area contributed by atoms with Crippen molar-refractivity contribution in [1.82, 2.24) is 39.7 Å². The maximum atomic E-state index is 13.9. The van der Waals surface area contributed by atoms with Crippen LogP contribution < -0.4 is 15.8 Å². The zero-order valence-corrected chi connectivity index (χ0v) is 18.1. The van der Waals surface area contributed by atoms with E-state index in [0.29, 0.717) is 4.68 Å². The Hall–Kier alpha value is -4.80. The van der Waals surface area contributed by atoms with Gasteiger partial charge in [0.1, 0.15) is 23.7 Å². The summed E-state index contributed by atoms with van der Waals surface area (Å²) in [5.41, 5.74) is 5.09. The zero-order chi connectivity index (χ0) is 25.2. The van der Waals surface area contributed by atoms with Gasteiger partial charge in [-0.05, 0) is 41.6 Å². The van der Waals surface area contributed by atoms with E-state index in [9.17, 15) is 26.8 Å². The lowest BCUT2D eigenvalue weighted by Crippen LogP contribution is -2.33. The topological polar surface area (TPSA) is 193 Å². The van der Waals surface area contributed by atoms with Gasteiger partial charge in [-0.15, -0.1) is 15.3 Å². The minimum Gasteiger partial charge on any atom is -0.368 e. The number of nitrogens with two attached hydrogens (primary N) is 1. The number of sulfonamides is 1. The minimum atomic E-state index is -4.19. The third kappa shape index (κ3) is 5.08. The molecule has 4 N–H and O–H groups in total. The number of amides is 1. The van der Waals surface area contributed by atoms with Crippen molar-refractivity contribution in [3.8, 4) is 0 Å². The summed E-state index contributed by atoms with van der Waals surface area (Å²) in [7, 11) is -4.19. The predicted octanol–water partition coefficient (Wildman–Crippen LogP) is 0.0622. The number of carbonyl (C=O) groups excluding carboxylic acids is 2. The number of nitrogens with zero attached hydrogens (tertiary/aromatic N) is 7. The Morgan fingerprint density at radius 1 is 1.06 bits per heavy atom. The molecular formula is C18H14F2N10O4S. The van der Waals surface area contributed by atoms with Crippen molar-refractivity contribution in [2.75, 3.05) is 11.1 Å². The second-order valence-electron chi connectivity index (χ2n) is 6.75. The predicted molar refractivity (Wildman–Crippen MR) is 113 cm³/mol. The lowest BCUT2D eigenvalue weighted by atomic mass is 10.2. The second kappa shape index (κ2) is 9.21. The number of anilines is 3. The fourth-order valence-corrected chi connectivity index (χ4v) is 3.79. The number of rotatable bonds is 7.